The van der Waals surface area contributed by atoms with Gasteiger partial charge in [-0.15, -0.1) is 10.2 Å². The van der Waals surface area contributed by atoms with E-state index in [0.29, 0.717) is 5.92 Å². The van der Waals surface area contributed by atoms with Gasteiger partial charge in [0.15, 0.2) is 5.82 Å². The van der Waals surface area contributed by atoms with Crippen molar-refractivity contribution in [3.63, 3.8) is 0 Å². The Morgan fingerprint density at radius 2 is 1.92 bits per heavy atom. The summed E-state index contributed by atoms with van der Waals surface area (Å²) in [5.74, 6) is 1.53. The lowest BCUT2D eigenvalue weighted by molar-refractivity contribution is 0.450. The maximum absolute atomic E-state index is 4.76. The maximum atomic E-state index is 4.76. The highest BCUT2D eigenvalue weighted by Crippen LogP contribution is 2.25. The zero-order chi connectivity index (χ0) is 17.9. The summed E-state index contributed by atoms with van der Waals surface area (Å²) in [7, 11) is 3.92. The minimum absolute atomic E-state index is 0.680. The molecule has 1 unspecified atom stereocenters. The van der Waals surface area contributed by atoms with Crippen molar-refractivity contribution in [1.82, 2.24) is 25.3 Å². The van der Waals surface area contributed by atoms with E-state index in [-0.39, 0.29) is 0 Å². The molecule has 6 nitrogen and oxygen atoms in total. The lowest BCUT2D eigenvalue weighted by atomic mass is 10.1. The quantitative estimate of drug-likeness (QED) is 0.768. The van der Waals surface area contributed by atoms with Gasteiger partial charge in [-0.1, -0.05) is 18.2 Å². The molecule has 3 heterocycles. The lowest BCUT2D eigenvalue weighted by Crippen LogP contribution is -2.14. The first-order chi connectivity index (χ1) is 12.7. The molecule has 3 aromatic rings. The smallest absolute Gasteiger partial charge is 0.150 e. The second-order valence-electron chi connectivity index (χ2n) is 7.03. The van der Waals surface area contributed by atoms with Gasteiger partial charge in [0.1, 0.15) is 0 Å². The third-order valence-electron chi connectivity index (χ3n) is 4.81. The van der Waals surface area contributed by atoms with Crippen LogP contribution in [0.3, 0.4) is 0 Å². The summed E-state index contributed by atoms with van der Waals surface area (Å²) in [6.07, 6.45) is 3.30. The van der Waals surface area contributed by atoms with E-state index in [1.807, 2.05) is 37.2 Å². The zero-order valence-corrected chi connectivity index (χ0v) is 15.3. The Morgan fingerprint density at radius 3 is 2.62 bits per heavy atom. The van der Waals surface area contributed by atoms with Gasteiger partial charge in [-0.3, -0.25) is 4.68 Å². The predicted molar refractivity (Wildman–Crippen MR) is 104 cm³/mol. The second kappa shape index (κ2) is 7.25. The van der Waals surface area contributed by atoms with Gasteiger partial charge in [-0.25, -0.2) is 0 Å². The Kier molecular flexibility index (Phi) is 4.67. The van der Waals surface area contributed by atoms with Crippen LogP contribution < -0.4 is 10.2 Å². The SMILES string of the molecule is CN(C)c1ccc(-c2cccc(-c3ccn(CC4CCNC4)n3)c2)nn1. The molecule has 1 saturated heterocycles. The van der Waals surface area contributed by atoms with E-state index in [1.165, 1.54) is 6.42 Å². The molecule has 1 aliphatic heterocycles. The molecule has 1 fully saturated rings. The summed E-state index contributed by atoms with van der Waals surface area (Å²) < 4.78 is 2.06. The Hall–Kier alpha value is -2.73. The number of anilines is 1. The summed E-state index contributed by atoms with van der Waals surface area (Å²) in [5.41, 5.74) is 4.02. The lowest BCUT2D eigenvalue weighted by Gasteiger charge is -2.10. The second-order valence-corrected chi connectivity index (χ2v) is 7.03. The highest BCUT2D eigenvalue weighted by atomic mass is 15.3. The Balaban J connectivity index is 1.54. The van der Waals surface area contributed by atoms with E-state index in [1.54, 1.807) is 0 Å². The number of hydrogen-bond acceptors (Lipinski definition) is 5. The van der Waals surface area contributed by atoms with Crippen molar-refractivity contribution in [3.05, 3.63) is 48.7 Å². The van der Waals surface area contributed by atoms with Crippen LogP contribution in [0.1, 0.15) is 6.42 Å². The van der Waals surface area contributed by atoms with Crippen LogP contribution in [-0.4, -0.2) is 47.2 Å². The summed E-state index contributed by atoms with van der Waals surface area (Å²) >= 11 is 0. The normalized spacial score (nSPS) is 16.8. The van der Waals surface area contributed by atoms with Crippen molar-refractivity contribution in [2.45, 2.75) is 13.0 Å². The largest absolute Gasteiger partial charge is 0.361 e. The Morgan fingerprint density at radius 1 is 1.08 bits per heavy atom. The number of aromatic nitrogens is 4. The zero-order valence-electron chi connectivity index (χ0n) is 15.3. The first-order valence-electron chi connectivity index (χ1n) is 9.05. The first-order valence-corrected chi connectivity index (χ1v) is 9.05. The van der Waals surface area contributed by atoms with E-state index < -0.39 is 0 Å². The standard InChI is InChI=1S/C20H24N6/c1-25(2)20-7-6-18(22-23-20)16-4-3-5-17(12-16)19-9-11-26(24-19)14-15-8-10-21-13-15/h3-7,9,11-12,15,21H,8,10,13-14H2,1-2H3. The number of nitrogens with zero attached hydrogens (tertiary/aromatic N) is 5. The molecule has 2 aromatic heterocycles. The van der Waals surface area contributed by atoms with Crippen LogP contribution in [0.15, 0.2) is 48.7 Å². The van der Waals surface area contributed by atoms with Crippen LogP contribution in [0.2, 0.25) is 0 Å². The fourth-order valence-corrected chi connectivity index (χ4v) is 3.31. The highest BCUT2D eigenvalue weighted by molar-refractivity contribution is 5.69. The van der Waals surface area contributed by atoms with Crippen LogP contribution in [0.25, 0.3) is 22.5 Å². The van der Waals surface area contributed by atoms with Gasteiger partial charge in [0.05, 0.1) is 11.4 Å². The fraction of sp³-hybridized carbons (Fsp3) is 0.350. The van der Waals surface area contributed by atoms with Crippen molar-refractivity contribution in [3.8, 4) is 22.5 Å². The molecule has 1 N–H and O–H groups in total. The third kappa shape index (κ3) is 3.60. The minimum atomic E-state index is 0.680. The van der Waals surface area contributed by atoms with E-state index in [4.69, 9.17) is 5.10 Å². The van der Waals surface area contributed by atoms with Crippen LogP contribution in [0, 0.1) is 5.92 Å². The van der Waals surface area contributed by atoms with Gasteiger partial charge in [-0.2, -0.15) is 5.10 Å². The van der Waals surface area contributed by atoms with E-state index in [9.17, 15) is 0 Å². The molecule has 0 bridgehead atoms. The number of hydrogen-bond donors (Lipinski definition) is 1. The molecule has 0 radical (unpaired) electrons. The molecule has 0 aliphatic carbocycles. The van der Waals surface area contributed by atoms with Crippen molar-refractivity contribution in [1.29, 1.82) is 0 Å². The maximum Gasteiger partial charge on any atom is 0.150 e. The van der Waals surface area contributed by atoms with Crippen molar-refractivity contribution in [2.24, 2.45) is 5.92 Å². The molecular formula is C20H24N6. The third-order valence-corrected chi connectivity index (χ3v) is 4.81. The summed E-state index contributed by atoms with van der Waals surface area (Å²) in [5, 5.41) is 16.8. The van der Waals surface area contributed by atoms with E-state index >= 15 is 0 Å². The van der Waals surface area contributed by atoms with Gasteiger partial charge in [0.2, 0.25) is 0 Å². The van der Waals surface area contributed by atoms with Gasteiger partial charge in [-0.05, 0) is 49.7 Å². The molecule has 4 rings (SSSR count). The minimum Gasteiger partial charge on any atom is -0.361 e. The van der Waals surface area contributed by atoms with Crippen LogP contribution in [0.4, 0.5) is 5.82 Å². The molecule has 26 heavy (non-hydrogen) atoms. The molecule has 1 atom stereocenters. The van der Waals surface area contributed by atoms with Crippen LogP contribution >= 0.6 is 0 Å². The monoisotopic (exact) mass is 348 g/mol. The van der Waals surface area contributed by atoms with Crippen molar-refractivity contribution >= 4 is 5.82 Å². The molecule has 0 amide bonds. The fourth-order valence-electron chi connectivity index (χ4n) is 3.31. The number of rotatable bonds is 5. The van der Waals surface area contributed by atoms with Crippen molar-refractivity contribution in [2.75, 3.05) is 32.1 Å². The van der Waals surface area contributed by atoms with Gasteiger partial charge in [0, 0.05) is 38.0 Å². The van der Waals surface area contributed by atoms with Crippen LogP contribution in [0.5, 0.6) is 0 Å². The molecule has 0 spiro atoms. The predicted octanol–water partition coefficient (Wildman–Crippen LogP) is 2.68. The van der Waals surface area contributed by atoms with Crippen LogP contribution in [-0.2, 0) is 6.54 Å². The molecule has 1 aliphatic rings. The van der Waals surface area contributed by atoms with Gasteiger partial charge in [0.25, 0.3) is 0 Å². The van der Waals surface area contributed by atoms with E-state index in [2.05, 4.69) is 50.7 Å². The summed E-state index contributed by atoms with van der Waals surface area (Å²) in [6, 6.07) is 14.4. The first kappa shape index (κ1) is 16.7. The molecule has 1 aromatic carbocycles. The Labute approximate surface area is 153 Å². The average molecular weight is 348 g/mol. The topological polar surface area (TPSA) is 58.9 Å². The average Bonchev–Trinajstić information content (AvgIpc) is 3.34. The van der Waals surface area contributed by atoms with Gasteiger partial charge < -0.3 is 10.2 Å². The number of nitrogens with one attached hydrogen (secondary N) is 1. The molecule has 134 valence electrons. The highest BCUT2D eigenvalue weighted by Gasteiger charge is 2.15. The Bertz CT molecular complexity index is 862. The van der Waals surface area contributed by atoms with E-state index in [0.717, 1.165) is 48.0 Å². The van der Waals surface area contributed by atoms with Gasteiger partial charge >= 0.3 is 0 Å². The molecule has 0 saturated carbocycles. The summed E-state index contributed by atoms with van der Waals surface area (Å²) in [6.45, 7) is 3.19. The van der Waals surface area contributed by atoms with Crippen molar-refractivity contribution < 1.29 is 0 Å². The number of benzene rings is 1. The summed E-state index contributed by atoms with van der Waals surface area (Å²) in [4.78, 5) is 1.94. The molecular weight excluding hydrogens is 324 g/mol. The molecule has 6 heteroatoms.